The van der Waals surface area contributed by atoms with Crippen LogP contribution in [0.5, 0.6) is 0 Å². The molecule has 1 unspecified atom stereocenters. The summed E-state index contributed by atoms with van der Waals surface area (Å²) in [4.78, 5) is 0. The second kappa shape index (κ2) is 2.66. The summed E-state index contributed by atoms with van der Waals surface area (Å²) in [5, 5.41) is 0. The number of rotatable bonds is 0. The van der Waals surface area contributed by atoms with E-state index >= 15 is 0 Å². The van der Waals surface area contributed by atoms with Crippen LogP contribution < -0.4 is 0 Å². The first-order chi connectivity index (χ1) is 4.97. The zero-order valence-corrected chi connectivity index (χ0v) is 6.32. The summed E-state index contributed by atoms with van der Waals surface area (Å²) in [7, 11) is 0. The van der Waals surface area contributed by atoms with Crippen LogP contribution in [-0.2, 0) is 0 Å². The van der Waals surface area contributed by atoms with Gasteiger partial charge in [0.25, 0.3) is 0 Å². The van der Waals surface area contributed by atoms with Crippen molar-refractivity contribution in [3.8, 4) is 11.8 Å². The van der Waals surface area contributed by atoms with Crippen molar-refractivity contribution < 1.29 is 0 Å². The molecular formula is C10H13. The molecule has 10 heavy (non-hydrogen) atoms. The number of hydrogen-bond donors (Lipinski definition) is 0. The van der Waals surface area contributed by atoms with Crippen molar-refractivity contribution >= 4 is 0 Å². The van der Waals surface area contributed by atoms with E-state index in [-0.39, 0.29) is 0 Å². The lowest BCUT2D eigenvalue weighted by Crippen LogP contribution is -2.22. The Morgan fingerprint density at radius 1 is 1.20 bits per heavy atom. The Labute approximate surface area is 63.0 Å². The largest absolute Gasteiger partial charge is 0.103 e. The average molecular weight is 133 g/mol. The molecule has 2 aliphatic rings. The minimum Gasteiger partial charge on any atom is -0.103 e. The molecule has 1 fully saturated rings. The highest BCUT2D eigenvalue weighted by molar-refractivity contribution is 5.29. The van der Waals surface area contributed by atoms with Gasteiger partial charge in [-0.3, -0.25) is 0 Å². The first-order valence-corrected chi connectivity index (χ1v) is 4.31. The Morgan fingerprint density at radius 2 is 2.20 bits per heavy atom. The van der Waals surface area contributed by atoms with Crippen LogP contribution in [0.2, 0.25) is 0 Å². The van der Waals surface area contributed by atoms with Crippen molar-refractivity contribution in [3.63, 3.8) is 0 Å². The van der Waals surface area contributed by atoms with Gasteiger partial charge in [-0.25, -0.2) is 0 Å². The van der Waals surface area contributed by atoms with Crippen LogP contribution in [0.25, 0.3) is 0 Å². The number of fused-ring (bicyclic) bond motifs is 1. The van der Waals surface area contributed by atoms with E-state index in [0.717, 1.165) is 12.3 Å². The second-order valence-electron chi connectivity index (χ2n) is 3.31. The van der Waals surface area contributed by atoms with Gasteiger partial charge in [0, 0.05) is 6.42 Å². The molecule has 0 aromatic carbocycles. The molecule has 2 rings (SSSR count). The highest BCUT2D eigenvalue weighted by atomic mass is 14.3. The van der Waals surface area contributed by atoms with Crippen molar-refractivity contribution in [2.24, 2.45) is 5.92 Å². The van der Waals surface area contributed by atoms with Gasteiger partial charge in [0.15, 0.2) is 0 Å². The summed E-state index contributed by atoms with van der Waals surface area (Å²) < 4.78 is 0. The van der Waals surface area contributed by atoms with Crippen LogP contribution in [0.4, 0.5) is 0 Å². The molecule has 0 bridgehead atoms. The molecular weight excluding hydrogens is 120 g/mol. The van der Waals surface area contributed by atoms with Crippen LogP contribution in [0, 0.1) is 23.7 Å². The smallest absolute Gasteiger partial charge is 0.0510 e. The van der Waals surface area contributed by atoms with Crippen molar-refractivity contribution in [3.05, 3.63) is 5.92 Å². The molecule has 0 nitrogen and oxygen atoms in total. The molecule has 0 aromatic heterocycles. The molecule has 2 aliphatic carbocycles. The highest BCUT2D eigenvalue weighted by Crippen LogP contribution is 2.39. The molecule has 1 radical (unpaired) electrons. The van der Waals surface area contributed by atoms with Gasteiger partial charge in [0.2, 0.25) is 0 Å². The summed E-state index contributed by atoms with van der Waals surface area (Å²) in [6.45, 7) is 0. The van der Waals surface area contributed by atoms with E-state index in [1.54, 1.807) is 5.92 Å². The summed E-state index contributed by atoms with van der Waals surface area (Å²) in [6.07, 6.45) is 8.02. The molecule has 53 valence electrons. The molecule has 0 heteroatoms. The molecule has 0 saturated heterocycles. The zero-order chi connectivity index (χ0) is 6.81. The molecule has 0 N–H and O–H groups in total. The maximum Gasteiger partial charge on any atom is 0.0510 e. The third kappa shape index (κ3) is 1.06. The number of hydrogen-bond acceptors (Lipinski definition) is 0. The van der Waals surface area contributed by atoms with Crippen LogP contribution in [0.1, 0.15) is 38.5 Å². The van der Waals surface area contributed by atoms with E-state index in [4.69, 9.17) is 0 Å². The zero-order valence-electron chi connectivity index (χ0n) is 6.32. The Bertz CT molecular complexity index is 170. The molecule has 0 aromatic rings. The van der Waals surface area contributed by atoms with E-state index in [9.17, 15) is 0 Å². The van der Waals surface area contributed by atoms with Crippen molar-refractivity contribution in [2.45, 2.75) is 38.5 Å². The fourth-order valence-electron chi connectivity index (χ4n) is 1.76. The van der Waals surface area contributed by atoms with Crippen LogP contribution in [0.15, 0.2) is 0 Å². The topological polar surface area (TPSA) is 0 Å². The van der Waals surface area contributed by atoms with Crippen LogP contribution in [0.3, 0.4) is 0 Å². The Kier molecular flexibility index (Phi) is 1.67. The molecule has 0 spiro atoms. The van der Waals surface area contributed by atoms with Gasteiger partial charge >= 0.3 is 0 Å². The van der Waals surface area contributed by atoms with E-state index in [0.29, 0.717) is 0 Å². The normalized spacial score (nSPS) is 32.2. The molecule has 0 amide bonds. The van der Waals surface area contributed by atoms with E-state index in [1.165, 1.54) is 32.1 Å². The van der Waals surface area contributed by atoms with Crippen molar-refractivity contribution in [1.82, 2.24) is 0 Å². The van der Waals surface area contributed by atoms with Gasteiger partial charge in [-0.1, -0.05) is 12.3 Å². The van der Waals surface area contributed by atoms with E-state index < -0.39 is 0 Å². The van der Waals surface area contributed by atoms with Gasteiger partial charge < -0.3 is 0 Å². The fourth-order valence-corrected chi connectivity index (χ4v) is 1.76. The van der Waals surface area contributed by atoms with Crippen LogP contribution in [-0.4, -0.2) is 0 Å². The van der Waals surface area contributed by atoms with E-state index in [1.807, 2.05) is 0 Å². The third-order valence-electron chi connectivity index (χ3n) is 2.61. The summed E-state index contributed by atoms with van der Waals surface area (Å²) in [5.41, 5.74) is 0. The van der Waals surface area contributed by atoms with Crippen molar-refractivity contribution in [2.75, 3.05) is 0 Å². The van der Waals surface area contributed by atoms with Crippen LogP contribution >= 0.6 is 0 Å². The van der Waals surface area contributed by atoms with E-state index in [2.05, 4.69) is 11.8 Å². The quantitative estimate of drug-likeness (QED) is 0.445. The molecule has 1 saturated carbocycles. The monoisotopic (exact) mass is 133 g/mol. The Balaban J connectivity index is 2.01. The average Bonchev–Trinajstić information content (AvgIpc) is 1.89. The minimum absolute atomic E-state index is 0.910. The second-order valence-corrected chi connectivity index (χ2v) is 3.31. The van der Waals surface area contributed by atoms with Gasteiger partial charge in [-0.2, -0.15) is 0 Å². The summed E-state index contributed by atoms with van der Waals surface area (Å²) in [5.74, 6) is 8.98. The van der Waals surface area contributed by atoms with Gasteiger partial charge in [-0.15, -0.1) is 5.92 Å². The SMILES string of the molecule is C1#C[C]2CCC2CCCC1. The first-order valence-electron chi connectivity index (χ1n) is 4.31. The lowest BCUT2D eigenvalue weighted by atomic mass is 9.71. The highest BCUT2D eigenvalue weighted by Gasteiger charge is 2.29. The standard InChI is InChI=1S/C10H13/c1-2-4-6-10-8-7-9(10)5-3-1/h9H,1-3,5,7-8H2. The third-order valence-corrected chi connectivity index (χ3v) is 2.61. The maximum absolute atomic E-state index is 3.29. The maximum atomic E-state index is 3.29. The van der Waals surface area contributed by atoms with Gasteiger partial charge in [0.05, 0.1) is 5.92 Å². The minimum atomic E-state index is 0.910. The lowest BCUT2D eigenvalue weighted by molar-refractivity contribution is 0.353. The first kappa shape index (κ1) is 6.28. The summed E-state index contributed by atoms with van der Waals surface area (Å²) >= 11 is 0. The Hall–Kier alpha value is -0.440. The fraction of sp³-hybridized carbons (Fsp3) is 0.700. The molecule has 0 aliphatic heterocycles. The lowest BCUT2D eigenvalue weighted by Gasteiger charge is -2.32. The molecule has 1 atom stereocenters. The molecule has 0 heterocycles. The van der Waals surface area contributed by atoms with Gasteiger partial charge in [-0.05, 0) is 31.6 Å². The van der Waals surface area contributed by atoms with Gasteiger partial charge in [0.1, 0.15) is 0 Å². The predicted octanol–water partition coefficient (Wildman–Crippen LogP) is 2.55. The van der Waals surface area contributed by atoms with Crippen molar-refractivity contribution in [1.29, 1.82) is 0 Å². The Morgan fingerprint density at radius 3 is 3.00 bits per heavy atom. The predicted molar refractivity (Wildman–Crippen MR) is 42.2 cm³/mol. The summed E-state index contributed by atoms with van der Waals surface area (Å²) in [6, 6.07) is 0.